The Morgan fingerprint density at radius 3 is 2.89 bits per heavy atom. The maximum atomic E-state index is 10.9. The number of benzene rings is 1. The van der Waals surface area contributed by atoms with Crippen molar-refractivity contribution >= 4 is 34.0 Å². The van der Waals surface area contributed by atoms with Crippen LogP contribution in [0, 0.1) is 13.7 Å². The van der Waals surface area contributed by atoms with Crippen LogP contribution in [0.1, 0.15) is 19.8 Å². The van der Waals surface area contributed by atoms with Gasteiger partial charge in [0.05, 0.1) is 8.49 Å². The predicted octanol–water partition coefficient (Wildman–Crippen LogP) is 2.78. The van der Waals surface area contributed by atoms with Crippen LogP contribution < -0.4 is 10.2 Å². The van der Waals surface area contributed by atoms with Gasteiger partial charge < -0.3 is 10.2 Å². The molecule has 6 heteroatoms. The smallest absolute Gasteiger partial charge is 0.282 e. The summed E-state index contributed by atoms with van der Waals surface area (Å²) in [5, 5.41) is 14.3. The number of nitrogens with zero attached hydrogens (tertiary/aromatic N) is 2. The van der Waals surface area contributed by atoms with E-state index in [1.807, 2.05) is 34.7 Å². The normalized spacial score (nSPS) is 19.2. The average molecular weight is 375 g/mol. The minimum Gasteiger partial charge on any atom is -0.368 e. The lowest BCUT2D eigenvalue weighted by atomic mass is 10.0. The lowest BCUT2D eigenvalue weighted by Gasteiger charge is -2.35. The molecular weight excluding hydrogens is 357 g/mol. The van der Waals surface area contributed by atoms with Gasteiger partial charge in [0.1, 0.15) is 0 Å². The van der Waals surface area contributed by atoms with Crippen LogP contribution in [-0.2, 0) is 0 Å². The lowest BCUT2D eigenvalue weighted by molar-refractivity contribution is -0.385. The van der Waals surface area contributed by atoms with E-state index in [-0.39, 0.29) is 10.6 Å². The van der Waals surface area contributed by atoms with Gasteiger partial charge in [-0.3, -0.25) is 10.1 Å². The van der Waals surface area contributed by atoms with Crippen molar-refractivity contribution in [1.29, 1.82) is 0 Å². The Labute approximate surface area is 126 Å². The summed E-state index contributed by atoms with van der Waals surface area (Å²) in [7, 11) is 0. The van der Waals surface area contributed by atoms with Crippen LogP contribution in [0.25, 0.3) is 0 Å². The van der Waals surface area contributed by atoms with Gasteiger partial charge in [0, 0.05) is 30.9 Å². The molecule has 5 nitrogen and oxygen atoms in total. The van der Waals surface area contributed by atoms with Crippen molar-refractivity contribution in [3.63, 3.8) is 0 Å². The van der Waals surface area contributed by atoms with Gasteiger partial charge >= 0.3 is 0 Å². The summed E-state index contributed by atoms with van der Waals surface area (Å²) in [6.45, 7) is 5.12. The zero-order chi connectivity index (χ0) is 13.8. The molecular formula is C13H18IN3O2. The minimum absolute atomic E-state index is 0.183. The van der Waals surface area contributed by atoms with Gasteiger partial charge in [0.25, 0.3) is 5.69 Å². The first-order valence-electron chi connectivity index (χ1n) is 6.54. The zero-order valence-corrected chi connectivity index (χ0v) is 13.1. The van der Waals surface area contributed by atoms with Crippen LogP contribution in [0.4, 0.5) is 11.4 Å². The molecule has 1 heterocycles. The van der Waals surface area contributed by atoms with E-state index in [1.165, 1.54) is 12.8 Å². The van der Waals surface area contributed by atoms with Gasteiger partial charge in [-0.25, -0.2) is 0 Å². The topological polar surface area (TPSA) is 58.4 Å². The number of piperidine rings is 1. The van der Waals surface area contributed by atoms with Crippen molar-refractivity contribution in [3.05, 3.63) is 31.9 Å². The molecule has 1 atom stereocenters. The largest absolute Gasteiger partial charge is 0.368 e. The molecule has 1 aliphatic heterocycles. The van der Waals surface area contributed by atoms with Crippen LogP contribution in [0.15, 0.2) is 18.2 Å². The van der Waals surface area contributed by atoms with Gasteiger partial charge in [-0.1, -0.05) is 0 Å². The zero-order valence-electron chi connectivity index (χ0n) is 10.9. The van der Waals surface area contributed by atoms with Gasteiger partial charge in [0.2, 0.25) is 0 Å². The number of hydrogen-bond acceptors (Lipinski definition) is 4. The summed E-state index contributed by atoms with van der Waals surface area (Å²) in [6.07, 6.45) is 2.36. The second-order valence-electron chi connectivity index (χ2n) is 4.68. The van der Waals surface area contributed by atoms with Crippen LogP contribution in [0.5, 0.6) is 0 Å². The van der Waals surface area contributed by atoms with E-state index < -0.39 is 0 Å². The highest BCUT2D eigenvalue weighted by atomic mass is 127. The summed E-state index contributed by atoms with van der Waals surface area (Å²) in [5.41, 5.74) is 1.26. The highest BCUT2D eigenvalue weighted by molar-refractivity contribution is 14.1. The van der Waals surface area contributed by atoms with Gasteiger partial charge in [-0.15, -0.1) is 0 Å². The fourth-order valence-electron chi connectivity index (χ4n) is 2.57. The molecule has 0 amide bonds. The highest BCUT2D eigenvalue weighted by Crippen LogP contribution is 2.28. The summed E-state index contributed by atoms with van der Waals surface area (Å²) >= 11 is 2.04. The van der Waals surface area contributed by atoms with Crippen molar-refractivity contribution < 1.29 is 4.92 Å². The summed E-state index contributed by atoms with van der Waals surface area (Å²) in [6, 6.07) is 5.86. The first-order chi connectivity index (χ1) is 9.13. The van der Waals surface area contributed by atoms with Crippen LogP contribution >= 0.6 is 22.6 Å². The van der Waals surface area contributed by atoms with Gasteiger partial charge in [0.15, 0.2) is 0 Å². The predicted molar refractivity (Wildman–Crippen MR) is 84.7 cm³/mol. The fourth-order valence-corrected chi connectivity index (χ4v) is 3.27. The number of likely N-dealkylation sites (N-methyl/N-ethyl adjacent to an activating group) is 1. The van der Waals surface area contributed by atoms with E-state index in [1.54, 1.807) is 6.07 Å². The first-order valence-corrected chi connectivity index (χ1v) is 7.62. The number of nitrogens with one attached hydrogen (secondary N) is 1. The monoisotopic (exact) mass is 375 g/mol. The third-order valence-electron chi connectivity index (χ3n) is 3.51. The number of hydrogen-bond donors (Lipinski definition) is 1. The summed E-state index contributed by atoms with van der Waals surface area (Å²) in [5.74, 6) is 0. The number of nitro benzene ring substituents is 1. The van der Waals surface area contributed by atoms with Crippen LogP contribution in [-0.4, -0.2) is 30.6 Å². The Morgan fingerprint density at radius 2 is 2.37 bits per heavy atom. The fraction of sp³-hybridized carbons (Fsp3) is 0.538. The molecule has 1 aromatic carbocycles. The molecule has 19 heavy (non-hydrogen) atoms. The van der Waals surface area contributed by atoms with Crippen molar-refractivity contribution in [2.75, 3.05) is 24.5 Å². The molecule has 1 fully saturated rings. The Kier molecular flexibility index (Phi) is 4.98. The molecule has 1 saturated heterocycles. The molecule has 0 spiro atoms. The summed E-state index contributed by atoms with van der Waals surface area (Å²) in [4.78, 5) is 12.9. The molecule has 0 aromatic heterocycles. The molecule has 0 aliphatic carbocycles. The quantitative estimate of drug-likeness (QED) is 0.500. The van der Waals surface area contributed by atoms with Crippen LogP contribution in [0.3, 0.4) is 0 Å². The van der Waals surface area contributed by atoms with E-state index in [0.717, 1.165) is 25.3 Å². The second-order valence-corrected chi connectivity index (χ2v) is 5.84. The number of halogens is 1. The molecule has 1 unspecified atom stereocenters. The Bertz CT molecular complexity index is 461. The van der Waals surface area contributed by atoms with E-state index >= 15 is 0 Å². The Morgan fingerprint density at radius 1 is 1.58 bits per heavy atom. The van der Waals surface area contributed by atoms with Crippen molar-refractivity contribution in [1.82, 2.24) is 5.32 Å². The molecule has 2 rings (SSSR count). The van der Waals surface area contributed by atoms with Gasteiger partial charge in [-0.05, 0) is 61.0 Å². The van der Waals surface area contributed by atoms with E-state index in [9.17, 15) is 10.1 Å². The number of rotatable bonds is 4. The summed E-state index contributed by atoms with van der Waals surface area (Å²) < 4.78 is 0.697. The molecule has 0 radical (unpaired) electrons. The lowest BCUT2D eigenvalue weighted by Crippen LogP contribution is -2.46. The SMILES string of the molecule is CCN(c1ccc([N+](=O)[O-])c(I)c1)C1CCCNC1. The van der Waals surface area contributed by atoms with E-state index in [4.69, 9.17) is 0 Å². The molecule has 0 bridgehead atoms. The van der Waals surface area contributed by atoms with E-state index in [2.05, 4.69) is 17.1 Å². The minimum atomic E-state index is -0.329. The third-order valence-corrected chi connectivity index (χ3v) is 4.38. The molecule has 1 N–H and O–H groups in total. The molecule has 0 saturated carbocycles. The standard InChI is InChI=1S/C13H18IN3O2/c1-2-16(11-4-3-7-15-9-11)10-5-6-13(17(18)19)12(14)8-10/h5-6,8,11,15H,2-4,7,9H2,1H3. The first kappa shape index (κ1) is 14.5. The molecule has 1 aromatic rings. The Hall–Kier alpha value is -0.890. The maximum absolute atomic E-state index is 10.9. The van der Waals surface area contributed by atoms with Crippen LogP contribution in [0.2, 0.25) is 0 Å². The number of nitro groups is 1. The molecule has 104 valence electrons. The van der Waals surface area contributed by atoms with Crippen molar-refractivity contribution in [2.24, 2.45) is 0 Å². The van der Waals surface area contributed by atoms with Gasteiger partial charge in [-0.2, -0.15) is 0 Å². The third kappa shape index (κ3) is 3.36. The van der Waals surface area contributed by atoms with Crippen molar-refractivity contribution in [2.45, 2.75) is 25.8 Å². The average Bonchev–Trinajstić information content (AvgIpc) is 2.40. The molecule has 1 aliphatic rings. The van der Waals surface area contributed by atoms with E-state index in [0.29, 0.717) is 9.61 Å². The Balaban J connectivity index is 2.23. The maximum Gasteiger partial charge on any atom is 0.282 e. The highest BCUT2D eigenvalue weighted by Gasteiger charge is 2.21. The van der Waals surface area contributed by atoms with Crippen molar-refractivity contribution in [3.8, 4) is 0 Å². The second kappa shape index (κ2) is 6.51. The number of anilines is 1.